The van der Waals surface area contributed by atoms with Crippen LogP contribution in [0.15, 0.2) is 59.2 Å². The number of aryl methyl sites for hydroxylation is 1. The molecule has 1 unspecified atom stereocenters. The van der Waals surface area contributed by atoms with Crippen molar-refractivity contribution in [2.24, 2.45) is 0 Å². The van der Waals surface area contributed by atoms with Crippen LogP contribution >= 0.6 is 23.2 Å². The van der Waals surface area contributed by atoms with Gasteiger partial charge in [0.25, 0.3) is 0 Å². The Hall–Kier alpha value is -2.76. The Kier molecular flexibility index (Phi) is 5.84. The zero-order chi connectivity index (χ0) is 21.3. The number of carbonyl (C=O) groups is 1. The number of rotatable bonds is 6. The normalized spacial score (nSPS) is 12.3. The van der Waals surface area contributed by atoms with Crippen LogP contribution in [0.1, 0.15) is 35.7 Å². The Morgan fingerprint density at radius 2 is 1.90 bits per heavy atom. The quantitative estimate of drug-likeness (QED) is 0.416. The van der Waals surface area contributed by atoms with E-state index in [4.69, 9.17) is 32.6 Å². The molecule has 1 atom stereocenters. The van der Waals surface area contributed by atoms with Crippen molar-refractivity contribution in [2.45, 2.75) is 32.9 Å². The number of amides is 1. The third-order valence-corrected chi connectivity index (χ3v) is 5.79. The number of furan rings is 1. The molecule has 1 amide bonds. The van der Waals surface area contributed by atoms with Gasteiger partial charge in [-0.2, -0.15) is 0 Å². The average Bonchev–Trinajstić information content (AvgIpc) is 3.35. The first-order valence-electron chi connectivity index (χ1n) is 9.64. The molecular formula is C23H21Cl2N3O2. The lowest BCUT2D eigenvalue weighted by Crippen LogP contribution is -2.31. The van der Waals surface area contributed by atoms with Crippen LogP contribution in [0.5, 0.6) is 0 Å². The highest BCUT2D eigenvalue weighted by atomic mass is 35.5. The van der Waals surface area contributed by atoms with E-state index >= 15 is 0 Å². The molecule has 7 heteroatoms. The molecule has 0 fully saturated rings. The van der Waals surface area contributed by atoms with Crippen LogP contribution < -0.4 is 5.32 Å². The first-order chi connectivity index (χ1) is 14.4. The maximum Gasteiger partial charge on any atom is 0.243 e. The molecule has 0 radical (unpaired) electrons. The summed E-state index contributed by atoms with van der Waals surface area (Å²) in [5.74, 6) is 1.33. The predicted octanol–water partition coefficient (Wildman–Crippen LogP) is 5.71. The average molecular weight is 442 g/mol. The molecule has 0 aliphatic heterocycles. The SMILES string of the molecule is Cc1ccc(Cc2nc3cc(Cl)c(Cl)cc3n2C(C)C(=O)NCc2ccco2)cc1. The van der Waals surface area contributed by atoms with E-state index in [1.165, 1.54) is 5.56 Å². The number of nitrogens with zero attached hydrogens (tertiary/aromatic N) is 2. The molecule has 0 spiro atoms. The van der Waals surface area contributed by atoms with Gasteiger partial charge in [0, 0.05) is 6.42 Å². The molecule has 0 saturated heterocycles. The van der Waals surface area contributed by atoms with Gasteiger partial charge in [-0.3, -0.25) is 4.79 Å². The molecular weight excluding hydrogens is 421 g/mol. The van der Waals surface area contributed by atoms with Gasteiger partial charge in [0.05, 0.1) is 33.9 Å². The van der Waals surface area contributed by atoms with Crippen LogP contribution in [0.3, 0.4) is 0 Å². The van der Waals surface area contributed by atoms with Crippen molar-refractivity contribution in [1.82, 2.24) is 14.9 Å². The van der Waals surface area contributed by atoms with Gasteiger partial charge in [-0.05, 0) is 43.7 Å². The van der Waals surface area contributed by atoms with Crippen LogP contribution in [-0.2, 0) is 17.8 Å². The van der Waals surface area contributed by atoms with Crippen molar-refractivity contribution in [3.8, 4) is 0 Å². The summed E-state index contributed by atoms with van der Waals surface area (Å²) in [6.45, 7) is 4.22. The second kappa shape index (κ2) is 8.54. The molecule has 2 aromatic heterocycles. The minimum absolute atomic E-state index is 0.137. The summed E-state index contributed by atoms with van der Waals surface area (Å²) < 4.78 is 7.23. The zero-order valence-corrected chi connectivity index (χ0v) is 18.2. The maximum absolute atomic E-state index is 12.9. The Morgan fingerprint density at radius 3 is 2.60 bits per heavy atom. The van der Waals surface area contributed by atoms with Crippen molar-refractivity contribution in [3.63, 3.8) is 0 Å². The minimum atomic E-state index is -0.498. The number of hydrogen-bond donors (Lipinski definition) is 1. The second-order valence-corrected chi connectivity index (χ2v) is 8.10. The number of nitrogens with one attached hydrogen (secondary N) is 1. The highest BCUT2D eigenvalue weighted by molar-refractivity contribution is 6.42. The van der Waals surface area contributed by atoms with Crippen LogP contribution in [0.2, 0.25) is 10.0 Å². The Morgan fingerprint density at radius 1 is 1.17 bits per heavy atom. The summed E-state index contributed by atoms with van der Waals surface area (Å²) >= 11 is 12.5. The van der Waals surface area contributed by atoms with Gasteiger partial charge in [0.1, 0.15) is 17.6 Å². The van der Waals surface area contributed by atoms with E-state index in [0.29, 0.717) is 34.3 Å². The smallest absolute Gasteiger partial charge is 0.243 e. The number of aromatic nitrogens is 2. The predicted molar refractivity (Wildman–Crippen MR) is 119 cm³/mol. The molecule has 0 aliphatic carbocycles. The van der Waals surface area contributed by atoms with E-state index in [1.807, 2.05) is 17.6 Å². The van der Waals surface area contributed by atoms with Crippen molar-refractivity contribution in [1.29, 1.82) is 0 Å². The summed E-state index contributed by atoms with van der Waals surface area (Å²) in [5, 5.41) is 3.78. The zero-order valence-electron chi connectivity index (χ0n) is 16.7. The molecule has 5 nitrogen and oxygen atoms in total. The lowest BCUT2D eigenvalue weighted by atomic mass is 10.1. The van der Waals surface area contributed by atoms with E-state index < -0.39 is 6.04 Å². The van der Waals surface area contributed by atoms with Gasteiger partial charge in [0.2, 0.25) is 5.91 Å². The number of imidazole rings is 1. The van der Waals surface area contributed by atoms with E-state index in [-0.39, 0.29) is 5.91 Å². The molecule has 2 heterocycles. The highest BCUT2D eigenvalue weighted by Gasteiger charge is 2.23. The summed E-state index contributed by atoms with van der Waals surface area (Å²) in [4.78, 5) is 17.7. The molecule has 1 N–H and O–H groups in total. The lowest BCUT2D eigenvalue weighted by molar-refractivity contribution is -0.124. The largest absolute Gasteiger partial charge is 0.467 e. The number of halogens is 2. The highest BCUT2D eigenvalue weighted by Crippen LogP contribution is 2.31. The van der Waals surface area contributed by atoms with Crippen molar-refractivity contribution in [3.05, 3.63) is 87.6 Å². The molecule has 4 aromatic rings. The Bertz CT molecular complexity index is 1180. The molecule has 0 aliphatic rings. The van der Waals surface area contributed by atoms with E-state index in [2.05, 4.69) is 36.5 Å². The minimum Gasteiger partial charge on any atom is -0.467 e. The standard InChI is InChI=1S/C23H21Cl2N3O2/c1-14-5-7-16(8-6-14)10-22-27-20-11-18(24)19(25)12-21(20)28(22)15(2)23(29)26-13-17-4-3-9-30-17/h3-9,11-12,15H,10,13H2,1-2H3,(H,26,29). The molecule has 4 rings (SSSR count). The summed E-state index contributed by atoms with van der Waals surface area (Å²) in [6.07, 6.45) is 2.17. The number of benzene rings is 2. The van der Waals surface area contributed by atoms with Crippen LogP contribution in [-0.4, -0.2) is 15.5 Å². The van der Waals surface area contributed by atoms with Gasteiger partial charge < -0.3 is 14.3 Å². The Labute approximate surface area is 184 Å². The monoisotopic (exact) mass is 441 g/mol. The van der Waals surface area contributed by atoms with Crippen LogP contribution in [0.4, 0.5) is 0 Å². The molecule has 0 bridgehead atoms. The molecule has 2 aromatic carbocycles. The van der Waals surface area contributed by atoms with Crippen molar-refractivity contribution < 1.29 is 9.21 Å². The summed E-state index contributed by atoms with van der Waals surface area (Å²) in [5.41, 5.74) is 3.78. The van der Waals surface area contributed by atoms with Crippen LogP contribution in [0, 0.1) is 6.92 Å². The topological polar surface area (TPSA) is 60.1 Å². The first-order valence-corrected chi connectivity index (χ1v) is 10.4. The van der Waals surface area contributed by atoms with Gasteiger partial charge in [-0.25, -0.2) is 4.98 Å². The third kappa shape index (κ3) is 4.23. The molecule has 0 saturated carbocycles. The van der Waals surface area contributed by atoms with E-state index in [1.54, 1.807) is 24.5 Å². The fourth-order valence-electron chi connectivity index (χ4n) is 3.44. The number of carbonyl (C=O) groups excluding carboxylic acids is 1. The lowest BCUT2D eigenvalue weighted by Gasteiger charge is -2.17. The number of fused-ring (bicyclic) bond motifs is 1. The van der Waals surface area contributed by atoms with Crippen molar-refractivity contribution in [2.75, 3.05) is 0 Å². The van der Waals surface area contributed by atoms with E-state index in [0.717, 1.165) is 16.9 Å². The first kappa shape index (κ1) is 20.5. The fraction of sp³-hybridized carbons (Fsp3) is 0.217. The fourth-order valence-corrected chi connectivity index (χ4v) is 3.75. The second-order valence-electron chi connectivity index (χ2n) is 7.29. The van der Waals surface area contributed by atoms with Gasteiger partial charge >= 0.3 is 0 Å². The van der Waals surface area contributed by atoms with Gasteiger partial charge in [-0.15, -0.1) is 0 Å². The summed E-state index contributed by atoms with van der Waals surface area (Å²) in [6, 6.07) is 14.9. The van der Waals surface area contributed by atoms with Gasteiger partial charge in [-0.1, -0.05) is 53.0 Å². The Balaban J connectivity index is 1.70. The number of hydrogen-bond acceptors (Lipinski definition) is 3. The van der Waals surface area contributed by atoms with Gasteiger partial charge in [0.15, 0.2) is 0 Å². The molecule has 30 heavy (non-hydrogen) atoms. The van der Waals surface area contributed by atoms with Crippen molar-refractivity contribution >= 4 is 40.1 Å². The molecule has 154 valence electrons. The van der Waals surface area contributed by atoms with Crippen LogP contribution in [0.25, 0.3) is 11.0 Å². The third-order valence-electron chi connectivity index (χ3n) is 5.07. The van der Waals surface area contributed by atoms with E-state index in [9.17, 15) is 4.79 Å². The maximum atomic E-state index is 12.9. The summed E-state index contributed by atoms with van der Waals surface area (Å²) in [7, 11) is 0.